The van der Waals surface area contributed by atoms with E-state index in [1.54, 1.807) is 6.20 Å². The summed E-state index contributed by atoms with van der Waals surface area (Å²) in [4.78, 5) is 15.4. The molecule has 1 rings (SSSR count). The fourth-order valence-electron chi connectivity index (χ4n) is 1.32. The van der Waals surface area contributed by atoms with Crippen molar-refractivity contribution < 1.29 is 9.53 Å². The first-order valence-corrected chi connectivity index (χ1v) is 5.28. The molecule has 0 unspecified atom stereocenters. The van der Waals surface area contributed by atoms with Crippen LogP contribution in [-0.4, -0.2) is 18.1 Å². The molecule has 1 heterocycles. The Morgan fingerprint density at radius 3 is 3.00 bits per heavy atom. The molecule has 0 spiro atoms. The van der Waals surface area contributed by atoms with Crippen molar-refractivity contribution in [2.75, 3.05) is 7.11 Å². The topological polar surface area (TPSA) is 39.2 Å². The number of ether oxygens (including phenoxy) is 1. The van der Waals surface area contributed by atoms with Crippen molar-refractivity contribution in [1.82, 2.24) is 4.98 Å². The van der Waals surface area contributed by atoms with E-state index < -0.39 is 0 Å². The Morgan fingerprint density at radius 1 is 1.67 bits per heavy atom. The monoisotopic (exact) mass is 227 g/mol. The van der Waals surface area contributed by atoms with E-state index in [0.717, 1.165) is 11.3 Å². The van der Waals surface area contributed by atoms with Gasteiger partial charge in [0.15, 0.2) is 0 Å². The van der Waals surface area contributed by atoms with E-state index in [1.807, 2.05) is 19.1 Å². The van der Waals surface area contributed by atoms with E-state index in [9.17, 15) is 4.79 Å². The lowest BCUT2D eigenvalue weighted by molar-refractivity contribution is -0.144. The predicted molar refractivity (Wildman–Crippen MR) is 58.7 cm³/mol. The van der Waals surface area contributed by atoms with Gasteiger partial charge < -0.3 is 4.74 Å². The lowest BCUT2D eigenvalue weighted by Gasteiger charge is -2.08. The van der Waals surface area contributed by atoms with Gasteiger partial charge in [-0.1, -0.05) is 6.92 Å². The van der Waals surface area contributed by atoms with Gasteiger partial charge in [-0.25, -0.2) is 0 Å². The van der Waals surface area contributed by atoms with Crippen LogP contribution >= 0.6 is 11.6 Å². The Hall–Kier alpha value is -1.09. The van der Waals surface area contributed by atoms with Gasteiger partial charge >= 0.3 is 5.97 Å². The van der Waals surface area contributed by atoms with Crippen LogP contribution in [0.5, 0.6) is 0 Å². The normalized spacial score (nSPS) is 12.2. The van der Waals surface area contributed by atoms with E-state index in [2.05, 4.69) is 9.72 Å². The van der Waals surface area contributed by atoms with Gasteiger partial charge in [-0.2, -0.15) is 0 Å². The molecule has 1 aromatic rings. The molecule has 82 valence electrons. The van der Waals surface area contributed by atoms with Crippen LogP contribution < -0.4 is 0 Å². The number of hydrogen-bond acceptors (Lipinski definition) is 3. The second-order valence-corrected chi connectivity index (χ2v) is 3.68. The fraction of sp³-hybridized carbons (Fsp3) is 0.455. The van der Waals surface area contributed by atoms with Gasteiger partial charge in [0.2, 0.25) is 0 Å². The predicted octanol–water partition coefficient (Wildman–Crippen LogP) is 2.17. The third kappa shape index (κ3) is 3.51. The first-order valence-electron chi connectivity index (χ1n) is 4.75. The van der Waals surface area contributed by atoms with Gasteiger partial charge in [0.05, 0.1) is 13.0 Å². The summed E-state index contributed by atoms with van der Waals surface area (Å²) in [6.45, 7) is 1.82. The smallest absolute Gasteiger partial charge is 0.308 e. The number of aromatic nitrogens is 1. The molecule has 0 aliphatic heterocycles. The highest BCUT2D eigenvalue weighted by atomic mass is 35.5. The molecule has 0 bridgehead atoms. The molecule has 0 saturated heterocycles. The van der Waals surface area contributed by atoms with Gasteiger partial charge in [-0.3, -0.25) is 9.78 Å². The Morgan fingerprint density at radius 2 is 2.40 bits per heavy atom. The molecule has 0 fully saturated rings. The Kier molecular flexibility index (Phi) is 4.56. The second kappa shape index (κ2) is 5.71. The maximum atomic E-state index is 11.2. The summed E-state index contributed by atoms with van der Waals surface area (Å²) in [5, 5.41) is 0. The molecule has 0 radical (unpaired) electrons. The SMILES string of the molecule is COC(=O)[C@@H](C)Cc1cc(CCl)ccn1. The van der Waals surface area contributed by atoms with E-state index in [-0.39, 0.29) is 11.9 Å². The van der Waals surface area contributed by atoms with Crippen LogP contribution in [-0.2, 0) is 21.8 Å². The average Bonchev–Trinajstić information content (AvgIpc) is 2.28. The van der Waals surface area contributed by atoms with Gasteiger partial charge in [0, 0.05) is 24.2 Å². The Balaban J connectivity index is 2.67. The molecule has 3 nitrogen and oxygen atoms in total. The average molecular weight is 228 g/mol. The molecule has 4 heteroatoms. The van der Waals surface area contributed by atoms with Crippen molar-refractivity contribution in [1.29, 1.82) is 0 Å². The number of hydrogen-bond donors (Lipinski definition) is 0. The van der Waals surface area contributed by atoms with Crippen LogP contribution in [0.3, 0.4) is 0 Å². The van der Waals surface area contributed by atoms with Crippen LogP contribution in [0.4, 0.5) is 0 Å². The highest BCUT2D eigenvalue weighted by molar-refractivity contribution is 6.17. The standard InChI is InChI=1S/C11H14ClNO2/c1-8(11(14)15-2)5-10-6-9(7-12)3-4-13-10/h3-4,6,8H,5,7H2,1-2H3/t8-/m0/s1. The van der Waals surface area contributed by atoms with Crippen LogP contribution in [0.2, 0.25) is 0 Å². The maximum Gasteiger partial charge on any atom is 0.308 e. The molecular weight excluding hydrogens is 214 g/mol. The van der Waals surface area contributed by atoms with Crippen molar-refractivity contribution in [3.63, 3.8) is 0 Å². The number of methoxy groups -OCH3 is 1. The van der Waals surface area contributed by atoms with Gasteiger partial charge in [-0.05, 0) is 17.7 Å². The number of alkyl halides is 1. The number of rotatable bonds is 4. The maximum absolute atomic E-state index is 11.2. The minimum absolute atomic E-state index is 0.173. The number of nitrogens with zero attached hydrogens (tertiary/aromatic N) is 1. The Labute approximate surface area is 94.4 Å². The van der Waals surface area contributed by atoms with Gasteiger partial charge in [-0.15, -0.1) is 11.6 Å². The molecule has 0 aliphatic carbocycles. The van der Waals surface area contributed by atoms with Crippen LogP contribution in [0.1, 0.15) is 18.2 Å². The van der Waals surface area contributed by atoms with E-state index >= 15 is 0 Å². The van der Waals surface area contributed by atoms with E-state index in [0.29, 0.717) is 12.3 Å². The number of carbonyl (C=O) groups excluding carboxylic acids is 1. The summed E-state index contributed by atoms with van der Waals surface area (Å²) in [5.41, 5.74) is 1.88. The van der Waals surface area contributed by atoms with Crippen molar-refractivity contribution >= 4 is 17.6 Å². The Bertz CT molecular complexity index is 341. The number of esters is 1. The summed E-state index contributed by atoms with van der Waals surface area (Å²) in [6, 6.07) is 3.77. The molecule has 0 saturated carbocycles. The first kappa shape index (κ1) is 12.0. The fourth-order valence-corrected chi connectivity index (χ4v) is 1.49. The number of pyridine rings is 1. The van der Waals surface area contributed by atoms with Crippen LogP contribution in [0.15, 0.2) is 18.3 Å². The molecule has 15 heavy (non-hydrogen) atoms. The minimum Gasteiger partial charge on any atom is -0.469 e. The van der Waals surface area contributed by atoms with Crippen LogP contribution in [0.25, 0.3) is 0 Å². The van der Waals surface area contributed by atoms with E-state index in [1.165, 1.54) is 7.11 Å². The third-order valence-electron chi connectivity index (χ3n) is 2.15. The number of halogens is 1. The van der Waals surface area contributed by atoms with Gasteiger partial charge in [0.25, 0.3) is 0 Å². The van der Waals surface area contributed by atoms with Crippen LogP contribution in [0, 0.1) is 5.92 Å². The third-order valence-corrected chi connectivity index (χ3v) is 2.46. The largest absolute Gasteiger partial charge is 0.469 e. The summed E-state index contributed by atoms with van der Waals surface area (Å²) < 4.78 is 4.65. The molecule has 1 atom stereocenters. The summed E-state index contributed by atoms with van der Waals surface area (Å²) in [5.74, 6) is 0.0726. The minimum atomic E-state index is -0.215. The summed E-state index contributed by atoms with van der Waals surface area (Å²) >= 11 is 5.71. The molecular formula is C11H14ClNO2. The van der Waals surface area contributed by atoms with Crippen molar-refractivity contribution in [3.05, 3.63) is 29.6 Å². The van der Waals surface area contributed by atoms with Gasteiger partial charge in [0.1, 0.15) is 0 Å². The van der Waals surface area contributed by atoms with Crippen molar-refractivity contribution in [3.8, 4) is 0 Å². The van der Waals surface area contributed by atoms with Crippen molar-refractivity contribution in [2.45, 2.75) is 19.2 Å². The zero-order chi connectivity index (χ0) is 11.3. The second-order valence-electron chi connectivity index (χ2n) is 3.42. The molecule has 0 amide bonds. The lowest BCUT2D eigenvalue weighted by atomic mass is 10.0. The first-order chi connectivity index (χ1) is 7.17. The highest BCUT2D eigenvalue weighted by Crippen LogP contribution is 2.10. The quantitative estimate of drug-likeness (QED) is 0.585. The molecule has 1 aromatic heterocycles. The van der Waals surface area contributed by atoms with E-state index in [4.69, 9.17) is 11.6 Å². The molecule has 0 N–H and O–H groups in total. The number of carbonyl (C=O) groups is 1. The summed E-state index contributed by atoms with van der Waals surface area (Å²) in [7, 11) is 1.39. The van der Waals surface area contributed by atoms with Crippen molar-refractivity contribution in [2.24, 2.45) is 5.92 Å². The highest BCUT2D eigenvalue weighted by Gasteiger charge is 2.14. The lowest BCUT2D eigenvalue weighted by Crippen LogP contribution is -2.15. The molecule has 0 aromatic carbocycles. The summed E-state index contributed by atoms with van der Waals surface area (Å²) in [6.07, 6.45) is 2.29. The molecule has 0 aliphatic rings. The zero-order valence-corrected chi connectivity index (χ0v) is 9.62. The zero-order valence-electron chi connectivity index (χ0n) is 8.87.